The Morgan fingerprint density at radius 3 is 2.24 bits per heavy atom. The second-order valence-corrected chi connectivity index (χ2v) is 9.67. The quantitative estimate of drug-likeness (QED) is 0.632. The number of halogens is 1. The van der Waals surface area contributed by atoms with Crippen LogP contribution in [0.5, 0.6) is 0 Å². The highest BCUT2D eigenvalue weighted by Gasteiger charge is 2.43. The SMILES string of the molecule is CC(C)[Si](F)(c1cccc(CCO)c1)C(C)C. The van der Waals surface area contributed by atoms with Crippen LogP contribution in [0.3, 0.4) is 0 Å². The smallest absolute Gasteiger partial charge is 0.282 e. The zero-order valence-corrected chi connectivity index (χ0v) is 12.2. The van der Waals surface area contributed by atoms with Crippen LogP contribution in [0.25, 0.3) is 0 Å². The van der Waals surface area contributed by atoms with E-state index in [4.69, 9.17) is 5.11 Å². The number of benzene rings is 1. The lowest BCUT2D eigenvalue weighted by atomic mass is 10.2. The van der Waals surface area contributed by atoms with Gasteiger partial charge < -0.3 is 9.21 Å². The summed E-state index contributed by atoms with van der Waals surface area (Å²) in [5.41, 5.74) is 1.18. The molecule has 0 fully saturated rings. The number of hydrogen-bond acceptors (Lipinski definition) is 1. The van der Waals surface area contributed by atoms with Crippen LogP contribution in [0.1, 0.15) is 33.3 Å². The van der Waals surface area contributed by atoms with Crippen molar-refractivity contribution in [2.45, 2.75) is 45.2 Å². The van der Waals surface area contributed by atoms with Gasteiger partial charge in [-0.05, 0) is 28.3 Å². The van der Waals surface area contributed by atoms with Gasteiger partial charge in [-0.15, -0.1) is 0 Å². The minimum Gasteiger partial charge on any atom is -0.396 e. The van der Waals surface area contributed by atoms with Gasteiger partial charge in [-0.3, -0.25) is 0 Å². The van der Waals surface area contributed by atoms with E-state index in [2.05, 4.69) is 0 Å². The maximum absolute atomic E-state index is 15.3. The van der Waals surface area contributed by atoms with Gasteiger partial charge in [0.2, 0.25) is 0 Å². The van der Waals surface area contributed by atoms with Gasteiger partial charge in [0, 0.05) is 6.61 Å². The molecule has 0 amide bonds. The predicted molar refractivity (Wildman–Crippen MR) is 73.9 cm³/mol. The minimum absolute atomic E-state index is 0.0758. The lowest BCUT2D eigenvalue weighted by molar-refractivity contribution is 0.299. The van der Waals surface area contributed by atoms with Crippen molar-refractivity contribution in [3.8, 4) is 0 Å². The summed E-state index contributed by atoms with van der Waals surface area (Å²) in [6.45, 7) is 8.03. The predicted octanol–water partition coefficient (Wildman–Crippen LogP) is 3.16. The van der Waals surface area contributed by atoms with E-state index < -0.39 is 8.41 Å². The van der Waals surface area contributed by atoms with Crippen molar-refractivity contribution in [3.63, 3.8) is 0 Å². The molecular formula is C14H23FOSi. The van der Waals surface area contributed by atoms with Crippen molar-refractivity contribution in [3.05, 3.63) is 29.8 Å². The van der Waals surface area contributed by atoms with E-state index in [0.717, 1.165) is 10.8 Å². The summed E-state index contributed by atoms with van der Waals surface area (Å²) in [6.07, 6.45) is 0.606. The highest BCUT2D eigenvalue weighted by atomic mass is 28.4. The fourth-order valence-corrected chi connectivity index (χ4v) is 5.85. The topological polar surface area (TPSA) is 20.2 Å². The molecule has 0 aliphatic rings. The van der Waals surface area contributed by atoms with Crippen LogP contribution in [-0.4, -0.2) is 20.1 Å². The lowest BCUT2D eigenvalue weighted by Crippen LogP contribution is -2.49. The van der Waals surface area contributed by atoms with Gasteiger partial charge in [-0.1, -0.05) is 52.0 Å². The van der Waals surface area contributed by atoms with Gasteiger partial charge in [0.15, 0.2) is 0 Å². The number of aliphatic hydroxyl groups is 1. The molecule has 0 spiro atoms. The summed E-state index contributed by atoms with van der Waals surface area (Å²) in [7, 11) is -2.92. The standard InChI is InChI=1S/C14H23FOSi/c1-11(2)17(15,12(3)4)14-7-5-6-13(10-14)8-9-16/h5-7,10-12,16H,8-9H2,1-4H3. The Kier molecular flexibility index (Phi) is 4.89. The molecule has 0 aliphatic carbocycles. The summed E-state index contributed by atoms with van der Waals surface area (Å²) >= 11 is 0. The maximum atomic E-state index is 15.3. The Balaban J connectivity index is 3.15. The molecule has 0 unspecified atom stereocenters. The van der Waals surface area contributed by atoms with Gasteiger partial charge in [0.1, 0.15) is 0 Å². The summed E-state index contributed by atoms with van der Waals surface area (Å²) in [6, 6.07) is 7.72. The Bertz CT molecular complexity index is 355. The Morgan fingerprint density at radius 2 is 1.76 bits per heavy atom. The first kappa shape index (κ1) is 14.4. The van der Waals surface area contributed by atoms with Gasteiger partial charge in [0.25, 0.3) is 8.41 Å². The summed E-state index contributed by atoms with van der Waals surface area (Å²) < 4.78 is 15.3. The molecule has 0 heterocycles. The van der Waals surface area contributed by atoms with E-state index in [1.165, 1.54) is 0 Å². The molecule has 1 aromatic rings. The second kappa shape index (κ2) is 5.78. The average molecular weight is 254 g/mol. The number of hydrogen-bond donors (Lipinski definition) is 1. The van der Waals surface area contributed by atoms with E-state index in [1.54, 1.807) is 0 Å². The van der Waals surface area contributed by atoms with Crippen LogP contribution in [0, 0.1) is 0 Å². The summed E-state index contributed by atoms with van der Waals surface area (Å²) in [5.74, 6) is 0. The molecule has 1 rings (SSSR count). The zero-order chi connectivity index (χ0) is 13.1. The van der Waals surface area contributed by atoms with Crippen LogP contribution in [0.15, 0.2) is 24.3 Å². The van der Waals surface area contributed by atoms with Gasteiger partial charge in [-0.25, -0.2) is 0 Å². The largest absolute Gasteiger partial charge is 0.396 e. The lowest BCUT2D eigenvalue weighted by Gasteiger charge is -2.31. The van der Waals surface area contributed by atoms with Gasteiger partial charge >= 0.3 is 0 Å². The van der Waals surface area contributed by atoms with Crippen molar-refractivity contribution in [2.24, 2.45) is 0 Å². The van der Waals surface area contributed by atoms with E-state index in [-0.39, 0.29) is 17.7 Å². The van der Waals surface area contributed by atoms with Gasteiger partial charge in [0.05, 0.1) is 0 Å². The van der Waals surface area contributed by atoms with Crippen LogP contribution in [0.4, 0.5) is 4.11 Å². The Labute approximate surface area is 105 Å². The normalized spacial score (nSPS) is 12.5. The van der Waals surface area contributed by atoms with E-state index >= 15 is 4.11 Å². The van der Waals surface area contributed by atoms with E-state index in [9.17, 15) is 0 Å². The molecule has 3 heteroatoms. The first-order valence-electron chi connectivity index (χ1n) is 6.32. The Hall–Kier alpha value is -0.673. The number of aliphatic hydroxyl groups excluding tert-OH is 1. The molecule has 1 nitrogen and oxygen atoms in total. The molecule has 0 aromatic heterocycles. The van der Waals surface area contributed by atoms with Crippen LogP contribution < -0.4 is 5.19 Å². The van der Waals surface area contributed by atoms with E-state index in [0.29, 0.717) is 6.42 Å². The molecule has 0 radical (unpaired) electrons. The fourth-order valence-electron chi connectivity index (χ4n) is 2.43. The highest BCUT2D eigenvalue weighted by molar-refractivity contribution is 6.88. The summed E-state index contributed by atoms with van der Waals surface area (Å²) in [4.78, 5) is 0. The molecule has 0 saturated carbocycles. The van der Waals surface area contributed by atoms with Crippen molar-refractivity contribution in [1.29, 1.82) is 0 Å². The zero-order valence-electron chi connectivity index (χ0n) is 11.2. The van der Waals surface area contributed by atoms with Gasteiger partial charge in [-0.2, -0.15) is 0 Å². The minimum atomic E-state index is -2.92. The Morgan fingerprint density at radius 1 is 1.18 bits per heavy atom. The van der Waals surface area contributed by atoms with Crippen LogP contribution in [-0.2, 0) is 6.42 Å². The first-order chi connectivity index (χ1) is 7.92. The molecule has 1 N–H and O–H groups in total. The highest BCUT2D eigenvalue weighted by Crippen LogP contribution is 2.33. The van der Waals surface area contributed by atoms with Crippen molar-refractivity contribution in [2.75, 3.05) is 6.61 Å². The third-order valence-corrected chi connectivity index (χ3v) is 8.01. The third kappa shape index (κ3) is 2.96. The average Bonchev–Trinajstić information content (AvgIpc) is 2.28. The molecular weight excluding hydrogens is 231 g/mol. The fraction of sp³-hybridized carbons (Fsp3) is 0.571. The molecule has 1 aromatic carbocycles. The van der Waals surface area contributed by atoms with Crippen molar-refractivity contribution in [1.82, 2.24) is 0 Å². The van der Waals surface area contributed by atoms with Crippen molar-refractivity contribution >= 4 is 13.6 Å². The molecule has 96 valence electrons. The molecule has 0 saturated heterocycles. The second-order valence-electron chi connectivity index (χ2n) is 5.25. The van der Waals surface area contributed by atoms with Crippen molar-refractivity contribution < 1.29 is 9.21 Å². The molecule has 0 aliphatic heterocycles. The third-order valence-electron chi connectivity index (χ3n) is 3.45. The van der Waals surface area contributed by atoms with Crippen LogP contribution >= 0.6 is 0 Å². The first-order valence-corrected chi connectivity index (χ1v) is 8.35. The van der Waals surface area contributed by atoms with Crippen LogP contribution in [0.2, 0.25) is 11.1 Å². The molecule has 0 atom stereocenters. The molecule has 17 heavy (non-hydrogen) atoms. The number of rotatable bonds is 5. The summed E-state index contributed by atoms with van der Waals surface area (Å²) in [5, 5.41) is 9.82. The monoisotopic (exact) mass is 254 g/mol. The maximum Gasteiger partial charge on any atom is 0.282 e. The van der Waals surface area contributed by atoms with E-state index in [1.807, 2.05) is 52.0 Å². The molecule has 0 bridgehead atoms.